The normalized spacial score (nSPS) is 16.8. The van der Waals surface area contributed by atoms with Crippen molar-refractivity contribution >= 4 is 14.1 Å². The minimum absolute atomic E-state index is 0.00382. The van der Waals surface area contributed by atoms with Gasteiger partial charge in [-0.15, -0.1) is 0 Å². The van der Waals surface area contributed by atoms with E-state index < -0.39 is 8.32 Å². The smallest absolute Gasteiger partial charge is 0.192 e. The Morgan fingerprint density at radius 1 is 1.17 bits per heavy atom. The van der Waals surface area contributed by atoms with E-state index >= 15 is 0 Å². The predicted octanol–water partition coefficient (Wildman–Crippen LogP) is 4.65. The summed E-state index contributed by atoms with van der Waals surface area (Å²) in [6.07, 6.45) is 0.656. The fourth-order valence-electron chi connectivity index (χ4n) is 1.84. The van der Waals surface area contributed by atoms with E-state index in [1.54, 1.807) is 0 Å². The van der Waals surface area contributed by atoms with Gasteiger partial charge in [-0.25, -0.2) is 0 Å². The molecule has 2 nitrogen and oxygen atoms in total. The fraction of sp³-hybridized carbons (Fsp3) is 0.933. The van der Waals surface area contributed by atoms with Gasteiger partial charge in [-0.3, -0.25) is 4.79 Å². The molecule has 0 aliphatic rings. The van der Waals surface area contributed by atoms with Gasteiger partial charge in [-0.05, 0) is 24.1 Å². The number of Topliss-reactive ketones (excluding diaryl/α,β-unsaturated/α-hetero) is 1. The molecule has 0 N–H and O–H groups in total. The molecule has 0 amide bonds. The third kappa shape index (κ3) is 4.50. The Morgan fingerprint density at radius 3 is 1.89 bits per heavy atom. The quantitative estimate of drug-likeness (QED) is 0.658. The van der Waals surface area contributed by atoms with E-state index in [0.29, 0.717) is 18.1 Å². The summed E-state index contributed by atoms with van der Waals surface area (Å²) in [6.45, 7) is 19.5. The second kappa shape index (κ2) is 6.33. The van der Waals surface area contributed by atoms with Crippen LogP contribution in [0, 0.1) is 11.8 Å². The molecule has 0 unspecified atom stereocenters. The van der Waals surface area contributed by atoms with Gasteiger partial charge in [0.1, 0.15) is 5.78 Å². The van der Waals surface area contributed by atoms with Crippen LogP contribution in [0.3, 0.4) is 0 Å². The van der Waals surface area contributed by atoms with Gasteiger partial charge in [0.15, 0.2) is 8.32 Å². The zero-order chi connectivity index (χ0) is 14.7. The first kappa shape index (κ1) is 17.8. The van der Waals surface area contributed by atoms with Crippen LogP contribution in [0.5, 0.6) is 0 Å². The Bertz CT molecular complexity index is 277. The largest absolute Gasteiger partial charge is 0.413 e. The maximum Gasteiger partial charge on any atom is 0.192 e. The summed E-state index contributed by atoms with van der Waals surface area (Å²) in [6, 6.07) is 0. The number of carbonyl (C=O) groups excluding carboxylic acids is 1. The summed E-state index contributed by atoms with van der Waals surface area (Å²) in [5.74, 6) is 0.696. The van der Waals surface area contributed by atoms with E-state index in [2.05, 4.69) is 47.7 Å². The molecular weight excluding hydrogens is 240 g/mol. The summed E-state index contributed by atoms with van der Waals surface area (Å²) in [5.41, 5.74) is 0. The molecule has 0 aliphatic heterocycles. The van der Waals surface area contributed by atoms with Gasteiger partial charge in [-0.1, -0.05) is 48.5 Å². The topological polar surface area (TPSA) is 26.3 Å². The van der Waals surface area contributed by atoms with E-state index in [-0.39, 0.29) is 17.1 Å². The summed E-state index contributed by atoms with van der Waals surface area (Å²) >= 11 is 0. The highest BCUT2D eigenvalue weighted by atomic mass is 28.4. The molecule has 0 aliphatic carbocycles. The van der Waals surface area contributed by atoms with E-state index in [1.165, 1.54) is 0 Å². The average molecular weight is 273 g/mol. The van der Waals surface area contributed by atoms with Crippen molar-refractivity contribution in [2.45, 2.75) is 79.1 Å². The van der Waals surface area contributed by atoms with Crippen LogP contribution in [0.1, 0.15) is 54.9 Å². The predicted molar refractivity (Wildman–Crippen MR) is 81.4 cm³/mol. The van der Waals surface area contributed by atoms with Crippen LogP contribution in [-0.2, 0) is 9.22 Å². The van der Waals surface area contributed by atoms with Crippen LogP contribution in [0.25, 0.3) is 0 Å². The molecular formula is C15H32O2Si. The maximum absolute atomic E-state index is 11.9. The summed E-state index contributed by atoms with van der Waals surface area (Å²) in [5, 5.41) is 0.190. The minimum Gasteiger partial charge on any atom is -0.413 e. The monoisotopic (exact) mass is 272 g/mol. The van der Waals surface area contributed by atoms with Crippen molar-refractivity contribution in [1.82, 2.24) is 0 Å². The second-order valence-corrected chi connectivity index (χ2v) is 12.0. The highest BCUT2D eigenvalue weighted by Crippen LogP contribution is 2.39. The third-order valence-corrected chi connectivity index (χ3v) is 8.72. The Labute approximate surface area is 115 Å². The Morgan fingerprint density at radius 2 is 1.61 bits per heavy atom. The number of carbonyl (C=O) groups is 1. The van der Waals surface area contributed by atoms with E-state index in [1.807, 2.05) is 13.8 Å². The zero-order valence-corrected chi connectivity index (χ0v) is 14.8. The standard InChI is InChI=1S/C15H32O2Si/c1-10-13(16)12(4)14(11(2)3)17-18(8,9)15(5,6)7/h11-12,14H,10H2,1-9H3/t12-,14+/m1/s1. The molecule has 0 spiro atoms. The van der Waals surface area contributed by atoms with Gasteiger partial charge in [0.05, 0.1) is 6.10 Å². The van der Waals surface area contributed by atoms with Crippen LogP contribution in [0.2, 0.25) is 18.1 Å². The lowest BCUT2D eigenvalue weighted by Crippen LogP contribution is -2.48. The van der Waals surface area contributed by atoms with Crippen molar-refractivity contribution < 1.29 is 9.22 Å². The highest BCUT2D eigenvalue weighted by Gasteiger charge is 2.41. The molecule has 0 aromatic carbocycles. The molecule has 0 saturated heterocycles. The molecule has 0 saturated carbocycles. The average Bonchev–Trinajstić information content (AvgIpc) is 2.21. The lowest BCUT2D eigenvalue weighted by atomic mass is 9.90. The molecule has 0 heterocycles. The van der Waals surface area contributed by atoms with Crippen molar-refractivity contribution in [3.8, 4) is 0 Å². The van der Waals surface area contributed by atoms with Crippen molar-refractivity contribution in [3.05, 3.63) is 0 Å². The molecule has 0 aromatic heterocycles. The van der Waals surface area contributed by atoms with Crippen LogP contribution in [-0.4, -0.2) is 20.2 Å². The Kier molecular flexibility index (Phi) is 6.28. The number of hydrogen-bond donors (Lipinski definition) is 0. The first-order valence-electron chi connectivity index (χ1n) is 7.14. The number of hydrogen-bond acceptors (Lipinski definition) is 2. The second-order valence-electron chi connectivity index (χ2n) is 7.20. The van der Waals surface area contributed by atoms with Crippen molar-refractivity contribution in [3.63, 3.8) is 0 Å². The molecule has 0 fully saturated rings. The van der Waals surface area contributed by atoms with Crippen molar-refractivity contribution in [2.75, 3.05) is 0 Å². The molecule has 0 aromatic rings. The van der Waals surface area contributed by atoms with Gasteiger partial charge in [-0.2, -0.15) is 0 Å². The first-order valence-corrected chi connectivity index (χ1v) is 10.1. The zero-order valence-electron chi connectivity index (χ0n) is 13.8. The van der Waals surface area contributed by atoms with Crippen LogP contribution < -0.4 is 0 Å². The molecule has 0 radical (unpaired) electrons. The van der Waals surface area contributed by atoms with Crippen molar-refractivity contribution in [1.29, 1.82) is 0 Å². The summed E-state index contributed by atoms with van der Waals surface area (Å²) < 4.78 is 6.47. The molecule has 0 rings (SSSR count). The van der Waals surface area contributed by atoms with Gasteiger partial charge in [0.2, 0.25) is 0 Å². The molecule has 18 heavy (non-hydrogen) atoms. The van der Waals surface area contributed by atoms with Gasteiger partial charge < -0.3 is 4.43 Å². The summed E-state index contributed by atoms with van der Waals surface area (Å²) in [7, 11) is -1.80. The Hall–Kier alpha value is -0.153. The van der Waals surface area contributed by atoms with E-state index in [0.717, 1.165) is 0 Å². The van der Waals surface area contributed by atoms with Crippen LogP contribution in [0.15, 0.2) is 0 Å². The Balaban J connectivity index is 5.01. The van der Waals surface area contributed by atoms with Gasteiger partial charge in [0.25, 0.3) is 0 Å². The molecule has 3 heteroatoms. The first-order chi connectivity index (χ1) is 7.94. The lowest BCUT2D eigenvalue weighted by Gasteiger charge is -2.42. The molecule has 2 atom stereocenters. The maximum atomic E-state index is 11.9. The van der Waals surface area contributed by atoms with Crippen LogP contribution in [0.4, 0.5) is 0 Å². The SMILES string of the molecule is CCC(=O)[C@@H](C)[C@@H](O[Si](C)(C)C(C)(C)C)C(C)C. The van der Waals surface area contributed by atoms with Gasteiger partial charge >= 0.3 is 0 Å². The van der Waals surface area contributed by atoms with E-state index in [4.69, 9.17) is 4.43 Å². The third-order valence-electron chi connectivity index (χ3n) is 4.24. The fourth-order valence-corrected chi connectivity index (χ4v) is 3.35. The highest BCUT2D eigenvalue weighted by molar-refractivity contribution is 6.74. The number of ketones is 1. The number of rotatable bonds is 6. The van der Waals surface area contributed by atoms with E-state index in [9.17, 15) is 4.79 Å². The summed E-state index contributed by atoms with van der Waals surface area (Å²) in [4.78, 5) is 11.9. The molecule has 108 valence electrons. The lowest BCUT2D eigenvalue weighted by molar-refractivity contribution is -0.125. The van der Waals surface area contributed by atoms with Crippen molar-refractivity contribution in [2.24, 2.45) is 11.8 Å². The molecule has 0 bridgehead atoms. The van der Waals surface area contributed by atoms with Gasteiger partial charge in [0, 0.05) is 12.3 Å². The van der Waals surface area contributed by atoms with Crippen LogP contribution >= 0.6 is 0 Å². The minimum atomic E-state index is -1.80.